The zero-order valence-electron chi connectivity index (χ0n) is 12.2. The molecule has 0 bridgehead atoms. The van der Waals surface area contributed by atoms with Gasteiger partial charge in [0, 0.05) is 4.47 Å². The van der Waals surface area contributed by atoms with Gasteiger partial charge in [0.05, 0.1) is 12.7 Å². The van der Waals surface area contributed by atoms with E-state index in [1.807, 2.05) is 0 Å². The van der Waals surface area contributed by atoms with Crippen LogP contribution in [0.4, 0.5) is 0 Å². The standard InChI is InChI=1S/C17H25BrO/c1-12(2)16-9-4-13(3)10-17(16)19-11-14-5-7-15(18)8-6-14/h5-8,12-13,16-17H,4,9-11H2,1-3H3. The van der Waals surface area contributed by atoms with E-state index in [1.54, 1.807) is 0 Å². The summed E-state index contributed by atoms with van der Waals surface area (Å²) < 4.78 is 7.37. The van der Waals surface area contributed by atoms with Gasteiger partial charge in [-0.05, 0) is 48.3 Å². The van der Waals surface area contributed by atoms with E-state index in [9.17, 15) is 0 Å². The molecule has 0 saturated heterocycles. The van der Waals surface area contributed by atoms with E-state index in [0.717, 1.165) is 28.8 Å². The van der Waals surface area contributed by atoms with E-state index in [4.69, 9.17) is 4.74 Å². The van der Waals surface area contributed by atoms with Gasteiger partial charge in [0.25, 0.3) is 0 Å². The van der Waals surface area contributed by atoms with Crippen LogP contribution >= 0.6 is 15.9 Å². The van der Waals surface area contributed by atoms with Crippen LogP contribution in [0, 0.1) is 17.8 Å². The van der Waals surface area contributed by atoms with Gasteiger partial charge in [-0.25, -0.2) is 0 Å². The predicted molar refractivity (Wildman–Crippen MR) is 84.1 cm³/mol. The molecule has 1 aromatic carbocycles. The maximum atomic E-state index is 6.24. The lowest BCUT2D eigenvalue weighted by Gasteiger charge is -2.37. The summed E-state index contributed by atoms with van der Waals surface area (Å²) in [5.41, 5.74) is 1.27. The molecule has 0 amide bonds. The maximum Gasteiger partial charge on any atom is 0.0720 e. The van der Waals surface area contributed by atoms with Gasteiger partial charge < -0.3 is 4.74 Å². The van der Waals surface area contributed by atoms with Crippen LogP contribution in [0.2, 0.25) is 0 Å². The third kappa shape index (κ3) is 4.32. The highest BCUT2D eigenvalue weighted by atomic mass is 79.9. The molecule has 19 heavy (non-hydrogen) atoms. The zero-order chi connectivity index (χ0) is 13.8. The first-order valence-corrected chi connectivity index (χ1v) is 8.21. The third-order valence-corrected chi connectivity index (χ3v) is 4.87. The summed E-state index contributed by atoms with van der Waals surface area (Å²) in [7, 11) is 0. The molecule has 106 valence electrons. The van der Waals surface area contributed by atoms with Gasteiger partial charge in [-0.1, -0.05) is 55.3 Å². The summed E-state index contributed by atoms with van der Waals surface area (Å²) in [6, 6.07) is 8.45. The van der Waals surface area contributed by atoms with E-state index in [0.29, 0.717) is 6.10 Å². The van der Waals surface area contributed by atoms with Crippen molar-refractivity contribution in [2.75, 3.05) is 0 Å². The van der Waals surface area contributed by atoms with Crippen LogP contribution < -0.4 is 0 Å². The molecule has 1 aromatic rings. The summed E-state index contributed by atoms with van der Waals surface area (Å²) in [5, 5.41) is 0. The molecule has 0 N–H and O–H groups in total. The molecule has 1 nitrogen and oxygen atoms in total. The van der Waals surface area contributed by atoms with E-state index in [-0.39, 0.29) is 0 Å². The summed E-state index contributed by atoms with van der Waals surface area (Å²) in [6.45, 7) is 7.76. The van der Waals surface area contributed by atoms with Crippen molar-refractivity contribution in [3.05, 3.63) is 34.3 Å². The molecule has 2 rings (SSSR count). The Labute approximate surface area is 125 Å². The number of benzene rings is 1. The second-order valence-corrected chi connectivity index (χ2v) is 7.22. The Morgan fingerprint density at radius 3 is 2.53 bits per heavy atom. The lowest BCUT2D eigenvalue weighted by Crippen LogP contribution is -2.34. The third-order valence-electron chi connectivity index (χ3n) is 4.34. The lowest BCUT2D eigenvalue weighted by atomic mass is 9.75. The van der Waals surface area contributed by atoms with E-state index >= 15 is 0 Å². The molecule has 1 fully saturated rings. The number of rotatable bonds is 4. The molecule has 0 heterocycles. The fourth-order valence-electron chi connectivity index (χ4n) is 3.09. The van der Waals surface area contributed by atoms with E-state index < -0.39 is 0 Å². The van der Waals surface area contributed by atoms with Crippen LogP contribution in [-0.4, -0.2) is 6.10 Å². The Morgan fingerprint density at radius 1 is 1.21 bits per heavy atom. The highest BCUT2D eigenvalue weighted by Gasteiger charge is 2.31. The molecule has 3 unspecified atom stereocenters. The summed E-state index contributed by atoms with van der Waals surface area (Å²) >= 11 is 3.47. The van der Waals surface area contributed by atoms with Crippen molar-refractivity contribution in [1.82, 2.24) is 0 Å². The van der Waals surface area contributed by atoms with Crippen molar-refractivity contribution in [3.8, 4) is 0 Å². The first kappa shape index (κ1) is 15.1. The molecule has 0 spiro atoms. The first-order valence-electron chi connectivity index (χ1n) is 7.42. The fourth-order valence-corrected chi connectivity index (χ4v) is 3.35. The lowest BCUT2D eigenvalue weighted by molar-refractivity contribution is -0.0472. The topological polar surface area (TPSA) is 9.23 Å². The Bertz CT molecular complexity index is 385. The largest absolute Gasteiger partial charge is 0.373 e. The molecule has 1 saturated carbocycles. The number of hydrogen-bond donors (Lipinski definition) is 0. The molecular formula is C17H25BrO. The van der Waals surface area contributed by atoms with Crippen molar-refractivity contribution in [1.29, 1.82) is 0 Å². The second kappa shape index (κ2) is 6.90. The van der Waals surface area contributed by atoms with Crippen LogP contribution in [0.5, 0.6) is 0 Å². The smallest absolute Gasteiger partial charge is 0.0720 e. The van der Waals surface area contributed by atoms with Gasteiger partial charge in [0.1, 0.15) is 0 Å². The zero-order valence-corrected chi connectivity index (χ0v) is 13.8. The summed E-state index contributed by atoms with van der Waals surface area (Å²) in [5.74, 6) is 2.26. The van der Waals surface area contributed by atoms with E-state index in [2.05, 4.69) is 61.0 Å². The quantitative estimate of drug-likeness (QED) is 0.717. The maximum absolute atomic E-state index is 6.24. The molecule has 2 heteroatoms. The molecule has 1 aliphatic rings. The van der Waals surface area contributed by atoms with Gasteiger partial charge >= 0.3 is 0 Å². The average molecular weight is 325 g/mol. The number of ether oxygens (including phenoxy) is 1. The summed E-state index contributed by atoms with van der Waals surface area (Å²) in [6.07, 6.45) is 4.34. The molecule has 1 aliphatic carbocycles. The van der Waals surface area contributed by atoms with Crippen molar-refractivity contribution in [2.45, 2.75) is 52.7 Å². The van der Waals surface area contributed by atoms with Crippen molar-refractivity contribution in [3.63, 3.8) is 0 Å². The predicted octanol–water partition coefficient (Wildman–Crippen LogP) is 5.43. The molecule has 0 aromatic heterocycles. The minimum absolute atomic E-state index is 0.437. The van der Waals surface area contributed by atoms with Gasteiger partial charge in [-0.3, -0.25) is 0 Å². The van der Waals surface area contributed by atoms with Gasteiger partial charge in [-0.2, -0.15) is 0 Å². The second-order valence-electron chi connectivity index (χ2n) is 6.30. The minimum atomic E-state index is 0.437. The van der Waals surface area contributed by atoms with Crippen LogP contribution in [-0.2, 0) is 11.3 Å². The fraction of sp³-hybridized carbons (Fsp3) is 0.647. The molecule has 3 atom stereocenters. The Kier molecular flexibility index (Phi) is 5.47. The SMILES string of the molecule is CC1CCC(C(C)C)C(OCc2ccc(Br)cc2)C1. The van der Waals surface area contributed by atoms with Gasteiger partial charge in [0.15, 0.2) is 0 Å². The number of halogens is 1. The highest BCUT2D eigenvalue weighted by molar-refractivity contribution is 9.10. The van der Waals surface area contributed by atoms with E-state index in [1.165, 1.54) is 24.8 Å². The van der Waals surface area contributed by atoms with Crippen molar-refractivity contribution >= 4 is 15.9 Å². The normalized spacial score (nSPS) is 27.7. The first-order chi connectivity index (χ1) is 9.06. The Balaban J connectivity index is 1.93. The minimum Gasteiger partial charge on any atom is -0.373 e. The Morgan fingerprint density at radius 2 is 1.89 bits per heavy atom. The van der Waals surface area contributed by atoms with Crippen molar-refractivity contribution < 1.29 is 4.74 Å². The molecule has 0 radical (unpaired) electrons. The van der Waals surface area contributed by atoms with Gasteiger partial charge in [0.2, 0.25) is 0 Å². The molecule has 0 aliphatic heterocycles. The average Bonchev–Trinajstić information content (AvgIpc) is 2.38. The van der Waals surface area contributed by atoms with Crippen LogP contribution in [0.3, 0.4) is 0 Å². The molecular weight excluding hydrogens is 300 g/mol. The van der Waals surface area contributed by atoms with Crippen LogP contribution in [0.15, 0.2) is 28.7 Å². The van der Waals surface area contributed by atoms with Gasteiger partial charge in [-0.15, -0.1) is 0 Å². The highest BCUT2D eigenvalue weighted by Crippen LogP contribution is 2.35. The van der Waals surface area contributed by atoms with Crippen LogP contribution in [0.1, 0.15) is 45.6 Å². The van der Waals surface area contributed by atoms with Crippen LogP contribution in [0.25, 0.3) is 0 Å². The monoisotopic (exact) mass is 324 g/mol. The number of hydrogen-bond acceptors (Lipinski definition) is 1. The Hall–Kier alpha value is -0.340. The summed E-state index contributed by atoms with van der Waals surface area (Å²) in [4.78, 5) is 0. The van der Waals surface area contributed by atoms with Crippen molar-refractivity contribution in [2.24, 2.45) is 17.8 Å².